The number of carbonyl (C=O) groups is 1. The van der Waals surface area contributed by atoms with Crippen LogP contribution >= 0.6 is 23.2 Å². The first-order valence-corrected chi connectivity index (χ1v) is 10.8. The maximum atomic E-state index is 12.6. The molecule has 168 valence electrons. The number of anilines is 1. The summed E-state index contributed by atoms with van der Waals surface area (Å²) in [6, 6.07) is 18.3. The van der Waals surface area contributed by atoms with E-state index in [1.54, 1.807) is 30.3 Å². The average Bonchev–Trinajstić information content (AvgIpc) is 2.78. The van der Waals surface area contributed by atoms with Gasteiger partial charge < -0.3 is 14.8 Å². The lowest BCUT2D eigenvalue weighted by molar-refractivity contribution is -0.112. The molecule has 0 atom stereocenters. The average molecular weight is 481 g/mol. The molecule has 3 aromatic rings. The van der Waals surface area contributed by atoms with E-state index in [0.29, 0.717) is 39.4 Å². The first-order chi connectivity index (χ1) is 15.8. The highest BCUT2D eigenvalue weighted by Crippen LogP contribution is 2.37. The number of hydrogen-bond acceptors (Lipinski definition) is 4. The zero-order valence-corrected chi connectivity index (χ0v) is 19.9. The van der Waals surface area contributed by atoms with E-state index in [0.717, 1.165) is 16.7 Å². The molecule has 0 aliphatic carbocycles. The molecule has 0 aliphatic heterocycles. The summed E-state index contributed by atoms with van der Waals surface area (Å²) < 4.78 is 11.3. The lowest BCUT2D eigenvalue weighted by atomic mass is 10.1. The van der Waals surface area contributed by atoms with Crippen LogP contribution in [0.5, 0.6) is 11.5 Å². The number of rotatable bonds is 7. The Balaban J connectivity index is 1.82. The molecule has 0 heterocycles. The summed E-state index contributed by atoms with van der Waals surface area (Å²) in [5, 5.41) is 13.0. The predicted octanol–water partition coefficient (Wildman–Crippen LogP) is 6.74. The van der Waals surface area contributed by atoms with Gasteiger partial charge in [0, 0.05) is 10.7 Å². The molecule has 7 heteroatoms. The number of carbonyl (C=O) groups excluding carboxylic acids is 1. The Morgan fingerprint density at radius 3 is 2.55 bits per heavy atom. The minimum absolute atomic E-state index is 0.0988. The molecule has 0 saturated carbocycles. The molecule has 0 aromatic heterocycles. The van der Waals surface area contributed by atoms with Gasteiger partial charge in [-0.25, -0.2) is 0 Å². The molecule has 0 fully saturated rings. The van der Waals surface area contributed by atoms with Gasteiger partial charge in [-0.15, -0.1) is 0 Å². The molecule has 3 aromatic carbocycles. The standard InChI is InChI=1S/C26H22Cl2N2O3/c1-16-5-4-6-18(9-16)15-33-25-23(28)11-19(12-24(25)32-3)10-20(14-29)26(31)30-21-8-7-17(2)22(27)13-21/h4-13H,15H2,1-3H3,(H,30,31)/b20-10-. The van der Waals surface area contributed by atoms with Crippen molar-refractivity contribution in [3.63, 3.8) is 0 Å². The van der Waals surface area contributed by atoms with Gasteiger partial charge in [-0.2, -0.15) is 5.26 Å². The fourth-order valence-corrected chi connectivity index (χ4v) is 3.56. The molecule has 0 radical (unpaired) electrons. The maximum Gasteiger partial charge on any atom is 0.266 e. The van der Waals surface area contributed by atoms with Crippen molar-refractivity contribution in [2.75, 3.05) is 12.4 Å². The van der Waals surface area contributed by atoms with Crippen molar-refractivity contribution in [2.45, 2.75) is 20.5 Å². The van der Waals surface area contributed by atoms with Crippen molar-refractivity contribution in [2.24, 2.45) is 0 Å². The van der Waals surface area contributed by atoms with Crippen LogP contribution in [-0.4, -0.2) is 13.0 Å². The van der Waals surface area contributed by atoms with Gasteiger partial charge in [0.15, 0.2) is 11.5 Å². The smallest absolute Gasteiger partial charge is 0.266 e. The van der Waals surface area contributed by atoms with E-state index in [1.165, 1.54) is 13.2 Å². The third-order valence-corrected chi connectivity index (χ3v) is 5.51. The number of ether oxygens (including phenoxy) is 2. The quantitative estimate of drug-likeness (QED) is 0.300. The van der Waals surface area contributed by atoms with Crippen LogP contribution in [0.15, 0.2) is 60.2 Å². The predicted molar refractivity (Wildman–Crippen MR) is 132 cm³/mol. The molecule has 0 bridgehead atoms. The summed E-state index contributed by atoms with van der Waals surface area (Å²) >= 11 is 12.6. The highest BCUT2D eigenvalue weighted by Gasteiger charge is 2.15. The minimum atomic E-state index is -0.563. The second-order valence-corrected chi connectivity index (χ2v) is 8.21. The summed E-state index contributed by atoms with van der Waals surface area (Å²) in [7, 11) is 1.50. The van der Waals surface area contributed by atoms with Crippen LogP contribution < -0.4 is 14.8 Å². The number of hydrogen-bond donors (Lipinski definition) is 1. The highest BCUT2D eigenvalue weighted by atomic mass is 35.5. The van der Waals surface area contributed by atoms with Gasteiger partial charge in [0.05, 0.1) is 12.1 Å². The van der Waals surface area contributed by atoms with Gasteiger partial charge in [0.25, 0.3) is 5.91 Å². The number of halogens is 2. The van der Waals surface area contributed by atoms with Crippen molar-refractivity contribution in [3.8, 4) is 17.6 Å². The third kappa shape index (κ3) is 6.29. The number of nitrogens with one attached hydrogen (secondary N) is 1. The van der Waals surface area contributed by atoms with E-state index in [1.807, 2.05) is 44.2 Å². The first kappa shape index (κ1) is 24.2. The SMILES string of the molecule is COc1cc(/C=C(/C#N)C(=O)Nc2ccc(C)c(Cl)c2)cc(Cl)c1OCc1cccc(C)c1. The summed E-state index contributed by atoms with van der Waals surface area (Å²) in [5.41, 5.74) is 3.93. The first-order valence-electron chi connectivity index (χ1n) is 10.1. The molecule has 0 aliphatic rings. The van der Waals surface area contributed by atoms with Crippen molar-refractivity contribution in [1.29, 1.82) is 5.26 Å². The zero-order valence-electron chi connectivity index (χ0n) is 18.4. The number of benzene rings is 3. The fraction of sp³-hybridized carbons (Fsp3) is 0.154. The lowest BCUT2D eigenvalue weighted by Gasteiger charge is -2.14. The highest BCUT2D eigenvalue weighted by molar-refractivity contribution is 6.32. The van der Waals surface area contributed by atoms with Gasteiger partial charge >= 0.3 is 0 Å². The van der Waals surface area contributed by atoms with Crippen molar-refractivity contribution < 1.29 is 14.3 Å². The van der Waals surface area contributed by atoms with Crippen LogP contribution in [0.3, 0.4) is 0 Å². The number of nitrogens with zero attached hydrogens (tertiary/aromatic N) is 1. The summed E-state index contributed by atoms with van der Waals surface area (Å²) in [4.78, 5) is 12.6. The van der Waals surface area contributed by atoms with Gasteiger partial charge in [-0.1, -0.05) is 59.1 Å². The molecule has 33 heavy (non-hydrogen) atoms. The van der Waals surface area contributed by atoms with E-state index in [9.17, 15) is 10.1 Å². The lowest BCUT2D eigenvalue weighted by Crippen LogP contribution is -2.13. The molecule has 1 N–H and O–H groups in total. The Kier molecular flexibility index (Phi) is 8.00. The van der Waals surface area contributed by atoms with E-state index in [-0.39, 0.29) is 5.57 Å². The van der Waals surface area contributed by atoms with Gasteiger partial charge in [0.2, 0.25) is 0 Å². The number of amides is 1. The van der Waals surface area contributed by atoms with Crippen molar-refractivity contribution >= 4 is 40.9 Å². The maximum absolute atomic E-state index is 12.6. The van der Waals surface area contributed by atoms with Crippen molar-refractivity contribution in [3.05, 3.63) is 92.5 Å². The Morgan fingerprint density at radius 2 is 1.88 bits per heavy atom. The number of methoxy groups -OCH3 is 1. The fourth-order valence-electron chi connectivity index (χ4n) is 3.10. The molecule has 0 spiro atoms. The van der Waals surface area contributed by atoms with Crippen LogP contribution in [0, 0.1) is 25.2 Å². The third-order valence-electron chi connectivity index (χ3n) is 4.82. The molecule has 0 saturated heterocycles. The van der Waals surface area contributed by atoms with Gasteiger partial charge in [-0.05, 0) is 60.9 Å². The molecule has 5 nitrogen and oxygen atoms in total. The monoisotopic (exact) mass is 480 g/mol. The van der Waals surface area contributed by atoms with E-state index >= 15 is 0 Å². The molecular formula is C26H22Cl2N2O3. The number of nitriles is 1. The van der Waals surface area contributed by atoms with Gasteiger partial charge in [0.1, 0.15) is 18.2 Å². The second-order valence-electron chi connectivity index (χ2n) is 7.40. The molecule has 0 unspecified atom stereocenters. The van der Waals surface area contributed by atoms with Crippen LogP contribution in [0.2, 0.25) is 10.0 Å². The number of aryl methyl sites for hydroxylation is 2. The Bertz CT molecular complexity index is 1260. The summed E-state index contributed by atoms with van der Waals surface area (Å²) in [6.45, 7) is 4.19. The zero-order chi connectivity index (χ0) is 24.0. The Morgan fingerprint density at radius 1 is 1.09 bits per heavy atom. The Hall–Kier alpha value is -3.46. The molecule has 1 amide bonds. The van der Waals surface area contributed by atoms with Gasteiger partial charge in [-0.3, -0.25) is 4.79 Å². The Labute approximate surface area is 203 Å². The summed E-state index contributed by atoms with van der Waals surface area (Å²) in [5.74, 6) is 0.215. The topological polar surface area (TPSA) is 71.3 Å². The molecular weight excluding hydrogens is 459 g/mol. The van der Waals surface area contributed by atoms with Crippen LogP contribution in [0.4, 0.5) is 5.69 Å². The van der Waals surface area contributed by atoms with Crippen molar-refractivity contribution in [1.82, 2.24) is 0 Å². The van der Waals surface area contributed by atoms with E-state index < -0.39 is 5.91 Å². The minimum Gasteiger partial charge on any atom is -0.493 e. The molecule has 3 rings (SSSR count). The van der Waals surface area contributed by atoms with Crippen LogP contribution in [0.25, 0.3) is 6.08 Å². The van der Waals surface area contributed by atoms with Crippen LogP contribution in [-0.2, 0) is 11.4 Å². The largest absolute Gasteiger partial charge is 0.493 e. The van der Waals surface area contributed by atoms with E-state index in [4.69, 9.17) is 32.7 Å². The van der Waals surface area contributed by atoms with E-state index in [2.05, 4.69) is 5.32 Å². The van der Waals surface area contributed by atoms with Crippen LogP contribution in [0.1, 0.15) is 22.3 Å². The summed E-state index contributed by atoms with van der Waals surface area (Å²) in [6.07, 6.45) is 1.43. The second kappa shape index (κ2) is 10.9. The normalized spacial score (nSPS) is 11.0.